The van der Waals surface area contributed by atoms with Crippen molar-refractivity contribution in [1.82, 2.24) is 5.32 Å². The van der Waals surface area contributed by atoms with Crippen LogP contribution in [0.25, 0.3) is 0 Å². The number of terminal acetylenes is 1. The predicted octanol–water partition coefficient (Wildman–Crippen LogP) is 3.41. The predicted molar refractivity (Wildman–Crippen MR) is 87.4 cm³/mol. The normalized spacial score (nSPS) is 16.1. The van der Waals surface area contributed by atoms with E-state index in [2.05, 4.69) is 39.3 Å². The molecule has 1 unspecified atom stereocenters. The highest BCUT2D eigenvalue weighted by atomic mass is 79.9. The van der Waals surface area contributed by atoms with E-state index in [1.165, 1.54) is 11.1 Å². The first kappa shape index (κ1) is 15.9. The van der Waals surface area contributed by atoms with Crippen LogP contribution in [-0.4, -0.2) is 19.1 Å². The second kappa shape index (κ2) is 7.51. The van der Waals surface area contributed by atoms with Gasteiger partial charge >= 0.3 is 0 Å². The van der Waals surface area contributed by atoms with Gasteiger partial charge in [-0.3, -0.25) is 4.79 Å². The topological polar surface area (TPSA) is 38.3 Å². The van der Waals surface area contributed by atoms with Crippen LogP contribution in [-0.2, 0) is 11.2 Å². The summed E-state index contributed by atoms with van der Waals surface area (Å²) in [4.78, 5) is 11.3. The van der Waals surface area contributed by atoms with Crippen LogP contribution in [0.3, 0.4) is 0 Å². The summed E-state index contributed by atoms with van der Waals surface area (Å²) < 4.78 is 6.52. The quantitative estimate of drug-likeness (QED) is 0.799. The van der Waals surface area contributed by atoms with Gasteiger partial charge in [-0.15, -0.1) is 6.42 Å². The Balaban J connectivity index is 2.04. The maximum atomic E-state index is 11.3. The number of halogens is 1. The zero-order valence-corrected chi connectivity index (χ0v) is 13.8. The number of carbonyl (C=O) groups excluding carboxylic acids is 1. The Morgan fingerprint density at radius 3 is 3.10 bits per heavy atom. The summed E-state index contributed by atoms with van der Waals surface area (Å²) >= 11 is 3.53. The molecular formula is C17H20BrNO2. The zero-order valence-electron chi connectivity index (χ0n) is 12.2. The number of hydrogen-bond acceptors (Lipinski definition) is 2. The summed E-state index contributed by atoms with van der Waals surface area (Å²) in [5, 5.41) is 2.94. The van der Waals surface area contributed by atoms with Crippen molar-refractivity contribution in [1.29, 1.82) is 0 Å². The molecule has 0 bridgehead atoms. The molecule has 1 atom stereocenters. The fourth-order valence-corrected chi connectivity index (χ4v) is 3.24. The lowest BCUT2D eigenvalue weighted by Gasteiger charge is -2.14. The Morgan fingerprint density at radius 1 is 1.57 bits per heavy atom. The van der Waals surface area contributed by atoms with Gasteiger partial charge in [0, 0.05) is 13.0 Å². The average Bonchev–Trinajstić information content (AvgIpc) is 2.86. The van der Waals surface area contributed by atoms with Crippen LogP contribution in [0.15, 0.2) is 16.6 Å². The maximum Gasteiger partial charge on any atom is 0.219 e. The van der Waals surface area contributed by atoms with Crippen LogP contribution < -0.4 is 10.1 Å². The van der Waals surface area contributed by atoms with Crippen molar-refractivity contribution >= 4 is 21.8 Å². The number of ether oxygens (including phenoxy) is 1. The fraction of sp³-hybridized carbons (Fsp3) is 0.471. The van der Waals surface area contributed by atoms with E-state index in [1.54, 1.807) is 0 Å². The van der Waals surface area contributed by atoms with Gasteiger partial charge in [-0.1, -0.05) is 12.8 Å². The van der Waals surface area contributed by atoms with Crippen LogP contribution in [0.5, 0.6) is 5.75 Å². The number of fused-ring (bicyclic) bond motifs is 1. The van der Waals surface area contributed by atoms with Gasteiger partial charge in [0.15, 0.2) is 0 Å². The van der Waals surface area contributed by atoms with Crippen molar-refractivity contribution < 1.29 is 9.53 Å². The molecule has 21 heavy (non-hydrogen) atoms. The Bertz CT molecular complexity index is 563. The van der Waals surface area contributed by atoms with Crippen LogP contribution in [0.4, 0.5) is 0 Å². The zero-order chi connectivity index (χ0) is 15.2. The van der Waals surface area contributed by atoms with E-state index in [1.807, 2.05) is 6.92 Å². The number of nitrogens with one attached hydrogen (secondary N) is 1. The molecule has 0 radical (unpaired) electrons. The first-order valence-corrected chi connectivity index (χ1v) is 8.10. The van der Waals surface area contributed by atoms with E-state index in [0.29, 0.717) is 12.3 Å². The molecule has 1 aliphatic carbocycles. The van der Waals surface area contributed by atoms with E-state index in [9.17, 15) is 4.79 Å². The van der Waals surface area contributed by atoms with Crippen molar-refractivity contribution in [3.63, 3.8) is 0 Å². The molecule has 2 rings (SSSR count). The number of benzene rings is 1. The summed E-state index contributed by atoms with van der Waals surface area (Å²) in [5.74, 6) is 3.88. The molecule has 0 saturated carbocycles. The van der Waals surface area contributed by atoms with E-state index in [0.717, 1.165) is 36.0 Å². The van der Waals surface area contributed by atoms with Crippen LogP contribution in [0, 0.1) is 12.3 Å². The van der Waals surface area contributed by atoms with Gasteiger partial charge in [0.1, 0.15) is 12.4 Å². The molecule has 0 spiro atoms. The molecule has 1 amide bonds. The lowest BCUT2D eigenvalue weighted by molar-refractivity contribution is -0.120. The Kier molecular flexibility index (Phi) is 5.69. The standard InChI is InChI=1S/C17H20BrNO2/c1-3-9-21-16-11-14-12(7-8-19-17(20)4-2)5-6-13(14)10-15(16)18/h1,10-12H,4-9H2,2H3,(H,19,20). The number of carbonyl (C=O) groups is 1. The van der Waals surface area contributed by atoms with Gasteiger partial charge in [0.25, 0.3) is 0 Å². The summed E-state index contributed by atoms with van der Waals surface area (Å²) in [6, 6.07) is 4.22. The lowest BCUT2D eigenvalue weighted by atomic mass is 9.97. The highest BCUT2D eigenvalue weighted by Crippen LogP contribution is 2.40. The number of amides is 1. The molecule has 1 N–H and O–H groups in total. The van der Waals surface area contributed by atoms with Crippen LogP contribution in [0.2, 0.25) is 0 Å². The van der Waals surface area contributed by atoms with E-state index >= 15 is 0 Å². The molecule has 0 fully saturated rings. The van der Waals surface area contributed by atoms with Gasteiger partial charge in [0.05, 0.1) is 4.47 Å². The largest absolute Gasteiger partial charge is 0.480 e. The molecule has 112 valence electrons. The minimum atomic E-state index is 0.113. The number of hydrogen-bond donors (Lipinski definition) is 1. The molecule has 0 heterocycles. The second-order valence-electron chi connectivity index (χ2n) is 5.20. The van der Waals surface area contributed by atoms with Crippen molar-refractivity contribution in [2.45, 2.75) is 38.5 Å². The second-order valence-corrected chi connectivity index (χ2v) is 6.06. The molecule has 1 aliphatic rings. The van der Waals surface area contributed by atoms with E-state index < -0.39 is 0 Å². The molecular weight excluding hydrogens is 330 g/mol. The molecule has 0 aliphatic heterocycles. The Morgan fingerprint density at radius 2 is 2.38 bits per heavy atom. The highest BCUT2D eigenvalue weighted by Gasteiger charge is 2.24. The number of aryl methyl sites for hydroxylation is 1. The van der Waals surface area contributed by atoms with Gasteiger partial charge in [-0.2, -0.15) is 0 Å². The van der Waals surface area contributed by atoms with Gasteiger partial charge in [-0.25, -0.2) is 0 Å². The molecule has 0 saturated heterocycles. The summed E-state index contributed by atoms with van der Waals surface area (Å²) in [7, 11) is 0. The highest BCUT2D eigenvalue weighted by molar-refractivity contribution is 9.10. The van der Waals surface area contributed by atoms with Crippen molar-refractivity contribution in [3.05, 3.63) is 27.7 Å². The van der Waals surface area contributed by atoms with Gasteiger partial charge < -0.3 is 10.1 Å². The van der Waals surface area contributed by atoms with Crippen molar-refractivity contribution in [2.75, 3.05) is 13.2 Å². The van der Waals surface area contributed by atoms with E-state index in [4.69, 9.17) is 11.2 Å². The van der Waals surface area contributed by atoms with Gasteiger partial charge in [0.2, 0.25) is 5.91 Å². The third-order valence-electron chi connectivity index (χ3n) is 3.84. The third kappa shape index (κ3) is 4.01. The van der Waals surface area contributed by atoms with Crippen molar-refractivity contribution in [2.24, 2.45) is 0 Å². The SMILES string of the molecule is C#CCOc1cc2c(cc1Br)CCC2CCNC(=O)CC. The summed E-state index contributed by atoms with van der Waals surface area (Å²) in [6.45, 7) is 2.87. The van der Waals surface area contributed by atoms with Crippen molar-refractivity contribution in [3.8, 4) is 18.1 Å². The molecule has 3 nitrogen and oxygen atoms in total. The molecule has 1 aromatic carbocycles. The number of rotatable bonds is 6. The summed E-state index contributed by atoms with van der Waals surface area (Å²) in [5.41, 5.74) is 2.69. The Labute approximate surface area is 134 Å². The lowest BCUT2D eigenvalue weighted by Crippen LogP contribution is -2.24. The minimum absolute atomic E-state index is 0.113. The van der Waals surface area contributed by atoms with E-state index in [-0.39, 0.29) is 12.5 Å². The van der Waals surface area contributed by atoms with Gasteiger partial charge in [-0.05, 0) is 64.4 Å². The molecule has 0 aromatic heterocycles. The van der Waals surface area contributed by atoms with Crippen LogP contribution >= 0.6 is 15.9 Å². The third-order valence-corrected chi connectivity index (χ3v) is 4.46. The minimum Gasteiger partial charge on any atom is -0.480 e. The maximum absolute atomic E-state index is 11.3. The first-order valence-electron chi connectivity index (χ1n) is 7.31. The smallest absolute Gasteiger partial charge is 0.219 e. The fourth-order valence-electron chi connectivity index (χ4n) is 2.73. The Hall–Kier alpha value is -1.47. The monoisotopic (exact) mass is 349 g/mol. The van der Waals surface area contributed by atoms with Crippen LogP contribution in [0.1, 0.15) is 43.2 Å². The first-order chi connectivity index (χ1) is 10.2. The summed E-state index contributed by atoms with van der Waals surface area (Å²) in [6.07, 6.45) is 8.96. The average molecular weight is 350 g/mol. The molecule has 4 heteroatoms. The molecule has 1 aromatic rings.